The van der Waals surface area contributed by atoms with E-state index in [1.54, 1.807) is 17.0 Å². The molecular weight excluding hydrogens is 278 g/mol. The molecular formula is C13H11N3OS2. The van der Waals surface area contributed by atoms with E-state index in [0.717, 1.165) is 16.0 Å². The average molecular weight is 289 g/mol. The predicted octanol–water partition coefficient (Wildman–Crippen LogP) is 3.66. The maximum atomic E-state index is 10.1. The van der Waals surface area contributed by atoms with E-state index in [9.17, 15) is 5.11 Å². The Morgan fingerprint density at radius 2 is 2.37 bits per heavy atom. The molecule has 4 nitrogen and oxygen atoms in total. The second kappa shape index (κ2) is 4.71. The Labute approximate surface area is 119 Å². The van der Waals surface area contributed by atoms with Gasteiger partial charge in [0.25, 0.3) is 0 Å². The van der Waals surface area contributed by atoms with Gasteiger partial charge >= 0.3 is 0 Å². The monoisotopic (exact) mass is 289 g/mol. The molecule has 0 aliphatic carbocycles. The number of fused-ring (bicyclic) bond motifs is 1. The summed E-state index contributed by atoms with van der Waals surface area (Å²) in [6, 6.07) is 3.84. The van der Waals surface area contributed by atoms with E-state index in [1.807, 2.05) is 25.1 Å². The molecule has 2 aromatic heterocycles. The van der Waals surface area contributed by atoms with Crippen LogP contribution in [0.25, 0.3) is 11.6 Å². The summed E-state index contributed by atoms with van der Waals surface area (Å²) < 4.78 is 2.39. The van der Waals surface area contributed by atoms with Gasteiger partial charge in [0.15, 0.2) is 9.77 Å². The number of nitrogens with zero attached hydrogens (tertiary/aromatic N) is 3. The Morgan fingerprint density at radius 1 is 1.53 bits per heavy atom. The molecule has 0 aromatic carbocycles. The molecule has 0 bridgehead atoms. The first-order valence-corrected chi connectivity index (χ1v) is 7.07. The lowest BCUT2D eigenvalue weighted by Gasteiger charge is -2.00. The van der Waals surface area contributed by atoms with E-state index in [1.165, 1.54) is 11.3 Å². The van der Waals surface area contributed by atoms with Crippen molar-refractivity contribution in [2.75, 3.05) is 0 Å². The molecule has 0 atom stereocenters. The summed E-state index contributed by atoms with van der Waals surface area (Å²) in [5.41, 5.74) is 1.92. The van der Waals surface area contributed by atoms with E-state index in [2.05, 4.69) is 9.98 Å². The molecule has 1 aliphatic heterocycles. The van der Waals surface area contributed by atoms with Crippen molar-refractivity contribution >= 4 is 47.2 Å². The Kier molecular flexibility index (Phi) is 3.04. The minimum Gasteiger partial charge on any atom is -0.493 e. The molecule has 19 heavy (non-hydrogen) atoms. The standard InChI is InChI=1S/C13H11N3OS2/c1-2-16-12(17)10(19-13(16)18)6-8-7-15-11-9(8)4-3-5-14-11/h3-7,17H,2H2,1H3. The Balaban J connectivity index is 2.10. The van der Waals surface area contributed by atoms with Crippen LogP contribution in [-0.4, -0.2) is 20.9 Å². The lowest BCUT2D eigenvalue weighted by molar-refractivity contribution is 0.419. The van der Waals surface area contributed by atoms with Crippen LogP contribution < -0.4 is 0 Å². The average Bonchev–Trinajstić information content (AvgIpc) is 2.93. The number of hydrogen-bond acceptors (Lipinski definition) is 5. The molecule has 1 N–H and O–H groups in total. The maximum absolute atomic E-state index is 10.1. The van der Waals surface area contributed by atoms with E-state index in [0.29, 0.717) is 16.3 Å². The third-order valence-corrected chi connectivity index (χ3v) is 4.31. The summed E-state index contributed by atoms with van der Waals surface area (Å²) in [4.78, 5) is 9.19. The normalized spacial score (nSPS) is 15.1. The van der Waals surface area contributed by atoms with Gasteiger partial charge in [-0.15, -0.1) is 11.3 Å². The van der Waals surface area contributed by atoms with Gasteiger partial charge in [-0.3, -0.25) is 4.57 Å². The van der Waals surface area contributed by atoms with E-state index in [-0.39, 0.29) is 5.88 Å². The van der Waals surface area contributed by atoms with E-state index < -0.39 is 0 Å². The van der Waals surface area contributed by atoms with Crippen LogP contribution in [0.4, 0.5) is 5.82 Å². The van der Waals surface area contributed by atoms with Crippen molar-refractivity contribution in [1.82, 2.24) is 9.55 Å². The van der Waals surface area contributed by atoms with Gasteiger partial charge in [-0.25, -0.2) is 9.98 Å². The SMILES string of the molecule is CCn1c(O)c(C=C2C=Nc3ncccc32)sc1=S. The highest BCUT2D eigenvalue weighted by Gasteiger charge is 2.15. The minimum absolute atomic E-state index is 0.218. The third-order valence-electron chi connectivity index (χ3n) is 2.92. The number of thiazole rings is 1. The summed E-state index contributed by atoms with van der Waals surface area (Å²) in [6.07, 6.45) is 5.38. The summed E-state index contributed by atoms with van der Waals surface area (Å²) in [5, 5.41) is 10.1. The van der Waals surface area contributed by atoms with Gasteiger partial charge in [-0.2, -0.15) is 0 Å². The minimum atomic E-state index is 0.218. The van der Waals surface area contributed by atoms with Crippen molar-refractivity contribution in [1.29, 1.82) is 0 Å². The number of rotatable bonds is 2. The lowest BCUT2D eigenvalue weighted by atomic mass is 10.1. The summed E-state index contributed by atoms with van der Waals surface area (Å²) in [6.45, 7) is 2.62. The topological polar surface area (TPSA) is 50.4 Å². The first-order chi connectivity index (χ1) is 9.20. The maximum Gasteiger partial charge on any atom is 0.210 e. The zero-order chi connectivity index (χ0) is 13.4. The second-order valence-electron chi connectivity index (χ2n) is 4.03. The highest BCUT2D eigenvalue weighted by atomic mass is 32.1. The van der Waals surface area contributed by atoms with Crippen molar-refractivity contribution in [3.05, 3.63) is 32.7 Å². The lowest BCUT2D eigenvalue weighted by Crippen LogP contribution is -1.91. The third kappa shape index (κ3) is 2.02. The fourth-order valence-electron chi connectivity index (χ4n) is 1.97. The molecule has 0 amide bonds. The fraction of sp³-hybridized carbons (Fsp3) is 0.154. The molecule has 3 rings (SSSR count). The molecule has 0 saturated heterocycles. The van der Waals surface area contributed by atoms with E-state index >= 15 is 0 Å². The number of aromatic hydroxyl groups is 1. The van der Waals surface area contributed by atoms with Crippen molar-refractivity contribution in [2.24, 2.45) is 4.99 Å². The van der Waals surface area contributed by atoms with Gasteiger partial charge in [-0.05, 0) is 37.4 Å². The van der Waals surface area contributed by atoms with Crippen LogP contribution in [0.5, 0.6) is 5.88 Å². The number of hydrogen-bond donors (Lipinski definition) is 1. The van der Waals surface area contributed by atoms with Crippen molar-refractivity contribution < 1.29 is 5.11 Å². The molecule has 3 heterocycles. The molecule has 0 radical (unpaired) electrons. The summed E-state index contributed by atoms with van der Waals surface area (Å²) in [7, 11) is 0. The first kappa shape index (κ1) is 12.3. The van der Waals surface area contributed by atoms with Crippen LogP contribution in [0, 0.1) is 3.95 Å². The van der Waals surface area contributed by atoms with Crippen LogP contribution in [0.2, 0.25) is 0 Å². The van der Waals surface area contributed by atoms with Gasteiger partial charge in [0.2, 0.25) is 5.88 Å². The largest absolute Gasteiger partial charge is 0.493 e. The molecule has 1 aliphatic rings. The first-order valence-electron chi connectivity index (χ1n) is 5.84. The zero-order valence-corrected chi connectivity index (χ0v) is 11.8. The van der Waals surface area contributed by atoms with Gasteiger partial charge in [-0.1, -0.05) is 0 Å². The molecule has 0 saturated carbocycles. The molecule has 96 valence electrons. The van der Waals surface area contributed by atoms with Crippen LogP contribution in [0.3, 0.4) is 0 Å². The van der Waals surface area contributed by atoms with Crippen LogP contribution in [-0.2, 0) is 6.54 Å². The molecule has 2 aromatic rings. The molecule has 0 spiro atoms. The van der Waals surface area contributed by atoms with Gasteiger partial charge < -0.3 is 5.11 Å². The molecule has 0 unspecified atom stereocenters. The number of allylic oxidation sites excluding steroid dienone is 1. The van der Waals surface area contributed by atoms with Crippen molar-refractivity contribution in [3.8, 4) is 5.88 Å². The van der Waals surface area contributed by atoms with E-state index in [4.69, 9.17) is 12.2 Å². The highest BCUT2D eigenvalue weighted by Crippen LogP contribution is 2.34. The molecule has 0 fully saturated rings. The molecule has 6 heteroatoms. The Bertz CT molecular complexity index is 755. The fourth-order valence-corrected chi connectivity index (χ4v) is 3.35. The summed E-state index contributed by atoms with van der Waals surface area (Å²) >= 11 is 6.62. The van der Waals surface area contributed by atoms with Crippen LogP contribution in [0.15, 0.2) is 23.3 Å². The number of aromatic nitrogens is 2. The van der Waals surface area contributed by atoms with Gasteiger partial charge in [0.1, 0.15) is 0 Å². The van der Waals surface area contributed by atoms with Gasteiger partial charge in [0.05, 0.1) is 4.88 Å². The summed E-state index contributed by atoms with van der Waals surface area (Å²) in [5.74, 6) is 0.933. The quantitative estimate of drug-likeness (QED) is 0.858. The Morgan fingerprint density at radius 3 is 3.11 bits per heavy atom. The van der Waals surface area contributed by atoms with Crippen molar-refractivity contribution in [3.63, 3.8) is 0 Å². The second-order valence-corrected chi connectivity index (χ2v) is 5.71. The zero-order valence-electron chi connectivity index (χ0n) is 10.2. The Hall–Kier alpha value is -1.79. The van der Waals surface area contributed by atoms with Crippen molar-refractivity contribution in [2.45, 2.75) is 13.5 Å². The smallest absolute Gasteiger partial charge is 0.210 e. The van der Waals surface area contributed by atoms with Gasteiger partial charge in [0, 0.05) is 30.1 Å². The highest BCUT2D eigenvalue weighted by molar-refractivity contribution is 7.73. The predicted molar refractivity (Wildman–Crippen MR) is 80.7 cm³/mol. The van der Waals surface area contributed by atoms with Crippen LogP contribution in [0.1, 0.15) is 17.4 Å². The van der Waals surface area contributed by atoms with Crippen LogP contribution >= 0.6 is 23.6 Å². The number of pyridine rings is 1. The number of aliphatic imine (C=N–C) groups is 1.